The fourth-order valence-corrected chi connectivity index (χ4v) is 2.58. The molecular formula is C15H17N3OS. The molecule has 2 rings (SSSR count). The zero-order chi connectivity index (χ0) is 14.4. The second-order valence-corrected chi connectivity index (χ2v) is 5.41. The Hall–Kier alpha value is -1.90. The summed E-state index contributed by atoms with van der Waals surface area (Å²) in [5.41, 5.74) is 2.24. The summed E-state index contributed by atoms with van der Waals surface area (Å²) in [5, 5.41) is 15.1. The number of benzene rings is 1. The van der Waals surface area contributed by atoms with E-state index in [9.17, 15) is 0 Å². The molecule has 20 heavy (non-hydrogen) atoms. The molecule has 0 aliphatic rings. The maximum absolute atomic E-state index is 8.45. The topological polar surface area (TPSA) is 57.9 Å². The minimum atomic E-state index is 0.0814. The Morgan fingerprint density at radius 1 is 1.40 bits per heavy atom. The number of thiazole rings is 1. The summed E-state index contributed by atoms with van der Waals surface area (Å²) in [7, 11) is 0. The first-order valence-electron chi connectivity index (χ1n) is 6.43. The Balaban J connectivity index is 1.86. The van der Waals surface area contributed by atoms with Crippen molar-refractivity contribution >= 4 is 11.3 Å². The molecule has 1 N–H and O–H groups in total. The minimum absolute atomic E-state index is 0.0814. The lowest BCUT2D eigenvalue weighted by molar-refractivity contribution is 0.368. The van der Waals surface area contributed by atoms with Crippen molar-refractivity contribution in [3.8, 4) is 11.8 Å². The highest BCUT2D eigenvalue weighted by atomic mass is 32.1. The first-order valence-corrected chi connectivity index (χ1v) is 7.31. The third kappa shape index (κ3) is 4.05. The van der Waals surface area contributed by atoms with Crippen LogP contribution in [-0.2, 0) is 6.54 Å². The molecule has 0 amide bonds. The monoisotopic (exact) mass is 287 g/mol. The van der Waals surface area contributed by atoms with Crippen molar-refractivity contribution in [2.75, 3.05) is 6.61 Å². The quantitative estimate of drug-likeness (QED) is 0.886. The number of nitrogens with zero attached hydrogens (tertiary/aromatic N) is 2. The predicted molar refractivity (Wildman–Crippen MR) is 79.7 cm³/mol. The van der Waals surface area contributed by atoms with Crippen LogP contribution in [0.1, 0.15) is 29.2 Å². The third-order valence-electron chi connectivity index (χ3n) is 2.85. The van der Waals surface area contributed by atoms with E-state index < -0.39 is 0 Å². The molecule has 104 valence electrons. The molecule has 1 unspecified atom stereocenters. The largest absolute Gasteiger partial charge is 0.479 e. The molecule has 0 saturated heterocycles. The van der Waals surface area contributed by atoms with E-state index in [1.54, 1.807) is 11.3 Å². The summed E-state index contributed by atoms with van der Waals surface area (Å²) < 4.78 is 5.22. The molecule has 1 aromatic heterocycles. The summed E-state index contributed by atoms with van der Waals surface area (Å²) in [4.78, 5) is 4.48. The molecule has 5 heteroatoms. The second-order valence-electron chi connectivity index (χ2n) is 4.52. The van der Waals surface area contributed by atoms with Crippen LogP contribution in [0.25, 0.3) is 0 Å². The Morgan fingerprint density at radius 2 is 2.15 bits per heavy atom. The SMILES string of the molecule is Cc1csc(C(C)NCc2ccc(OCC#N)cc2)n1. The lowest BCUT2D eigenvalue weighted by Gasteiger charge is -2.11. The molecule has 1 heterocycles. The van der Waals surface area contributed by atoms with Crippen LogP contribution in [-0.4, -0.2) is 11.6 Å². The van der Waals surface area contributed by atoms with Crippen molar-refractivity contribution in [3.63, 3.8) is 0 Å². The highest BCUT2D eigenvalue weighted by Crippen LogP contribution is 2.18. The van der Waals surface area contributed by atoms with Gasteiger partial charge in [-0.25, -0.2) is 4.98 Å². The summed E-state index contributed by atoms with van der Waals surface area (Å²) in [6.45, 7) is 4.98. The summed E-state index contributed by atoms with van der Waals surface area (Å²) in [6, 6.07) is 9.95. The first kappa shape index (κ1) is 14.5. The maximum Gasteiger partial charge on any atom is 0.174 e. The highest BCUT2D eigenvalue weighted by Gasteiger charge is 2.08. The van der Waals surface area contributed by atoms with Gasteiger partial charge in [-0.15, -0.1) is 11.3 Å². The summed E-state index contributed by atoms with van der Waals surface area (Å²) in [5.74, 6) is 0.721. The number of aromatic nitrogens is 1. The van der Waals surface area contributed by atoms with Crippen LogP contribution in [0.5, 0.6) is 5.75 Å². The Labute approximate surface area is 123 Å². The maximum atomic E-state index is 8.45. The van der Waals surface area contributed by atoms with Gasteiger partial charge in [0.1, 0.15) is 16.8 Å². The number of aryl methyl sites for hydroxylation is 1. The molecule has 0 radical (unpaired) electrons. The van der Waals surface area contributed by atoms with Crippen molar-refractivity contribution in [3.05, 3.63) is 45.9 Å². The van der Waals surface area contributed by atoms with Gasteiger partial charge in [-0.1, -0.05) is 12.1 Å². The average molecular weight is 287 g/mol. The molecule has 0 aliphatic heterocycles. The molecular weight excluding hydrogens is 270 g/mol. The van der Waals surface area contributed by atoms with Crippen LogP contribution in [0, 0.1) is 18.3 Å². The highest BCUT2D eigenvalue weighted by molar-refractivity contribution is 7.09. The molecule has 2 aromatic rings. The van der Waals surface area contributed by atoms with Gasteiger partial charge in [-0.05, 0) is 31.5 Å². The van der Waals surface area contributed by atoms with Gasteiger partial charge in [0.15, 0.2) is 6.61 Å². The average Bonchev–Trinajstić information content (AvgIpc) is 2.90. The van der Waals surface area contributed by atoms with Gasteiger partial charge in [0.2, 0.25) is 0 Å². The van der Waals surface area contributed by atoms with Gasteiger partial charge in [-0.2, -0.15) is 5.26 Å². The molecule has 0 bridgehead atoms. The van der Waals surface area contributed by atoms with Crippen molar-refractivity contribution < 1.29 is 4.74 Å². The van der Waals surface area contributed by atoms with E-state index in [2.05, 4.69) is 22.6 Å². The van der Waals surface area contributed by atoms with Gasteiger partial charge in [-0.3, -0.25) is 0 Å². The van der Waals surface area contributed by atoms with Crippen LogP contribution in [0.3, 0.4) is 0 Å². The van der Waals surface area contributed by atoms with E-state index in [0.717, 1.165) is 23.0 Å². The summed E-state index contributed by atoms with van der Waals surface area (Å²) >= 11 is 1.68. The lowest BCUT2D eigenvalue weighted by Crippen LogP contribution is -2.17. The Bertz CT molecular complexity index is 586. The number of nitrogens with one attached hydrogen (secondary N) is 1. The zero-order valence-corrected chi connectivity index (χ0v) is 12.4. The van der Waals surface area contributed by atoms with Crippen LogP contribution in [0.2, 0.25) is 0 Å². The van der Waals surface area contributed by atoms with E-state index >= 15 is 0 Å². The number of ether oxygens (including phenoxy) is 1. The molecule has 0 spiro atoms. The van der Waals surface area contributed by atoms with Crippen LogP contribution in [0.15, 0.2) is 29.6 Å². The second kappa shape index (κ2) is 7.04. The lowest BCUT2D eigenvalue weighted by atomic mass is 10.2. The first-order chi connectivity index (χ1) is 9.69. The third-order valence-corrected chi connectivity index (χ3v) is 3.99. The van der Waals surface area contributed by atoms with E-state index in [1.807, 2.05) is 37.3 Å². The van der Waals surface area contributed by atoms with Gasteiger partial charge in [0.05, 0.1) is 6.04 Å². The van der Waals surface area contributed by atoms with Gasteiger partial charge in [0.25, 0.3) is 0 Å². The fraction of sp³-hybridized carbons (Fsp3) is 0.333. The Morgan fingerprint density at radius 3 is 2.75 bits per heavy atom. The normalized spacial score (nSPS) is 11.8. The predicted octanol–water partition coefficient (Wildman–Crippen LogP) is 3.20. The number of nitriles is 1. The van der Waals surface area contributed by atoms with E-state index in [4.69, 9.17) is 10.00 Å². The van der Waals surface area contributed by atoms with E-state index in [0.29, 0.717) is 0 Å². The Kier molecular flexibility index (Phi) is 5.10. The van der Waals surface area contributed by atoms with E-state index in [1.165, 1.54) is 5.56 Å². The van der Waals surface area contributed by atoms with Crippen molar-refractivity contribution in [2.45, 2.75) is 26.4 Å². The molecule has 0 aliphatic carbocycles. The van der Waals surface area contributed by atoms with Gasteiger partial charge in [0, 0.05) is 17.6 Å². The van der Waals surface area contributed by atoms with Crippen LogP contribution in [0.4, 0.5) is 0 Å². The molecule has 0 fully saturated rings. The van der Waals surface area contributed by atoms with Crippen molar-refractivity contribution in [1.82, 2.24) is 10.3 Å². The molecule has 1 atom stereocenters. The van der Waals surface area contributed by atoms with E-state index in [-0.39, 0.29) is 12.6 Å². The van der Waals surface area contributed by atoms with Gasteiger partial charge < -0.3 is 10.1 Å². The molecule has 1 aromatic carbocycles. The number of hydrogen-bond donors (Lipinski definition) is 1. The van der Waals surface area contributed by atoms with Crippen LogP contribution < -0.4 is 10.1 Å². The van der Waals surface area contributed by atoms with Crippen molar-refractivity contribution in [2.24, 2.45) is 0 Å². The minimum Gasteiger partial charge on any atom is -0.479 e. The fourth-order valence-electron chi connectivity index (χ4n) is 1.75. The molecule has 4 nitrogen and oxygen atoms in total. The zero-order valence-electron chi connectivity index (χ0n) is 11.6. The van der Waals surface area contributed by atoms with Crippen molar-refractivity contribution in [1.29, 1.82) is 5.26 Å². The molecule has 0 saturated carbocycles. The number of rotatable bonds is 6. The number of hydrogen-bond acceptors (Lipinski definition) is 5. The standard InChI is InChI=1S/C15H17N3OS/c1-11-10-20-15(18-11)12(2)17-9-13-3-5-14(6-4-13)19-8-7-16/h3-6,10,12,17H,8-9H2,1-2H3. The smallest absolute Gasteiger partial charge is 0.174 e. The van der Waals surface area contributed by atoms with Crippen LogP contribution >= 0.6 is 11.3 Å². The van der Waals surface area contributed by atoms with Gasteiger partial charge >= 0.3 is 0 Å². The summed E-state index contributed by atoms with van der Waals surface area (Å²) in [6.07, 6.45) is 0.